The monoisotopic (exact) mass is 285 g/mol. The maximum absolute atomic E-state index is 11.0. The molecule has 0 aromatic heterocycles. The molecule has 2 aromatic rings. The van der Waals surface area contributed by atoms with Crippen molar-refractivity contribution >= 4 is 11.7 Å². The molecule has 1 N–H and O–H groups in total. The molecule has 21 heavy (non-hydrogen) atoms. The molecule has 0 amide bonds. The number of nitro groups is 1. The van der Waals surface area contributed by atoms with Crippen LogP contribution in [0.5, 0.6) is 0 Å². The lowest BCUT2D eigenvalue weighted by Crippen LogP contribution is -2.07. The summed E-state index contributed by atoms with van der Waals surface area (Å²) in [6, 6.07) is 11.8. The summed E-state index contributed by atoms with van der Waals surface area (Å²) in [6.07, 6.45) is 0. The fourth-order valence-corrected chi connectivity index (χ4v) is 2.21. The summed E-state index contributed by atoms with van der Waals surface area (Å²) < 4.78 is 0. The Balaban J connectivity index is 2.44. The van der Waals surface area contributed by atoms with Crippen LogP contribution >= 0.6 is 0 Å². The quantitative estimate of drug-likeness (QED) is 0.685. The molecule has 0 aliphatic heterocycles. The molecule has 0 saturated carbocycles. The molecule has 5 nitrogen and oxygen atoms in total. The Kier molecular flexibility index (Phi) is 4.03. The number of carboxylic acids is 1. The number of hydrogen-bond donors (Lipinski definition) is 1. The second-order valence-electron chi connectivity index (χ2n) is 4.94. The minimum atomic E-state index is -0.877. The lowest BCUT2D eigenvalue weighted by atomic mass is 9.93. The number of hydrogen-bond acceptors (Lipinski definition) is 3. The Morgan fingerprint density at radius 1 is 1.24 bits per heavy atom. The van der Waals surface area contributed by atoms with Crippen LogP contribution in [0.4, 0.5) is 5.69 Å². The van der Waals surface area contributed by atoms with Crippen molar-refractivity contribution in [1.29, 1.82) is 0 Å². The first-order valence-electron chi connectivity index (χ1n) is 6.48. The topological polar surface area (TPSA) is 80.4 Å². The predicted octanol–water partition coefficient (Wildman–Crippen LogP) is 3.76. The van der Waals surface area contributed by atoms with E-state index in [1.165, 1.54) is 12.1 Å². The number of aliphatic carboxylic acids is 1. The van der Waals surface area contributed by atoms with E-state index in [0.29, 0.717) is 5.56 Å². The summed E-state index contributed by atoms with van der Waals surface area (Å²) in [5, 5.41) is 19.9. The zero-order valence-electron chi connectivity index (χ0n) is 11.7. The number of aryl methyl sites for hydroxylation is 1. The highest BCUT2D eigenvalue weighted by Crippen LogP contribution is 2.29. The standard InChI is InChI=1S/C16H15NO4/c1-10-8-12(11(2)16(18)19)6-7-15(10)13-4-3-5-14(9-13)17(20)21/h3-9,11H,1-2H3,(H,18,19). The summed E-state index contributed by atoms with van der Waals surface area (Å²) in [4.78, 5) is 21.4. The van der Waals surface area contributed by atoms with Crippen LogP contribution in [0.2, 0.25) is 0 Å². The minimum Gasteiger partial charge on any atom is -0.481 e. The summed E-state index contributed by atoms with van der Waals surface area (Å²) in [7, 11) is 0. The Morgan fingerprint density at radius 3 is 2.52 bits per heavy atom. The number of benzene rings is 2. The number of nitro benzene ring substituents is 1. The van der Waals surface area contributed by atoms with Crippen molar-refractivity contribution in [3.05, 3.63) is 63.7 Å². The third kappa shape index (κ3) is 3.08. The molecular weight excluding hydrogens is 270 g/mol. The SMILES string of the molecule is Cc1cc(C(C)C(=O)O)ccc1-c1cccc([N+](=O)[O-])c1. The second kappa shape index (κ2) is 5.75. The highest BCUT2D eigenvalue weighted by atomic mass is 16.6. The molecule has 0 fully saturated rings. The molecular formula is C16H15NO4. The number of carboxylic acid groups (broad SMARTS) is 1. The normalized spacial score (nSPS) is 11.9. The molecule has 1 unspecified atom stereocenters. The van der Waals surface area contributed by atoms with Crippen molar-refractivity contribution in [3.8, 4) is 11.1 Å². The molecule has 0 saturated heterocycles. The average molecular weight is 285 g/mol. The van der Waals surface area contributed by atoms with E-state index in [9.17, 15) is 14.9 Å². The second-order valence-corrected chi connectivity index (χ2v) is 4.94. The molecule has 0 aliphatic rings. The fraction of sp³-hybridized carbons (Fsp3) is 0.188. The zero-order valence-corrected chi connectivity index (χ0v) is 11.7. The lowest BCUT2D eigenvalue weighted by Gasteiger charge is -2.11. The van der Waals surface area contributed by atoms with Gasteiger partial charge in [-0.15, -0.1) is 0 Å². The molecule has 0 spiro atoms. The van der Waals surface area contributed by atoms with E-state index in [1.54, 1.807) is 25.1 Å². The van der Waals surface area contributed by atoms with Crippen LogP contribution < -0.4 is 0 Å². The van der Waals surface area contributed by atoms with Gasteiger partial charge in [-0.1, -0.05) is 30.3 Å². The molecule has 0 heterocycles. The van der Waals surface area contributed by atoms with Crippen LogP contribution in [-0.4, -0.2) is 16.0 Å². The van der Waals surface area contributed by atoms with Crippen LogP contribution in [0.1, 0.15) is 24.0 Å². The number of non-ortho nitro benzene ring substituents is 1. The fourth-order valence-electron chi connectivity index (χ4n) is 2.21. The molecule has 1 atom stereocenters. The summed E-state index contributed by atoms with van der Waals surface area (Å²) in [5.41, 5.74) is 3.25. The maximum atomic E-state index is 11.0. The van der Waals surface area contributed by atoms with Gasteiger partial charge in [-0.25, -0.2) is 0 Å². The first-order valence-corrected chi connectivity index (χ1v) is 6.48. The van der Waals surface area contributed by atoms with Crippen molar-refractivity contribution in [3.63, 3.8) is 0 Å². The first kappa shape index (κ1) is 14.7. The van der Waals surface area contributed by atoms with Crippen molar-refractivity contribution in [2.24, 2.45) is 0 Å². The van der Waals surface area contributed by atoms with E-state index >= 15 is 0 Å². The van der Waals surface area contributed by atoms with Gasteiger partial charge in [-0.2, -0.15) is 0 Å². The lowest BCUT2D eigenvalue weighted by molar-refractivity contribution is -0.384. The van der Waals surface area contributed by atoms with Gasteiger partial charge in [0.2, 0.25) is 0 Å². The van der Waals surface area contributed by atoms with Gasteiger partial charge in [0.1, 0.15) is 0 Å². The zero-order chi connectivity index (χ0) is 15.6. The van der Waals surface area contributed by atoms with Gasteiger partial charge in [0.15, 0.2) is 0 Å². The Bertz CT molecular complexity index is 709. The van der Waals surface area contributed by atoms with Crippen molar-refractivity contribution in [2.45, 2.75) is 19.8 Å². The van der Waals surface area contributed by atoms with Crippen molar-refractivity contribution < 1.29 is 14.8 Å². The maximum Gasteiger partial charge on any atom is 0.310 e. The van der Waals surface area contributed by atoms with Gasteiger partial charge < -0.3 is 5.11 Å². The third-order valence-corrected chi connectivity index (χ3v) is 3.49. The highest BCUT2D eigenvalue weighted by molar-refractivity contribution is 5.77. The third-order valence-electron chi connectivity index (χ3n) is 3.49. The van der Waals surface area contributed by atoms with E-state index in [2.05, 4.69) is 0 Å². The van der Waals surface area contributed by atoms with Gasteiger partial charge in [0, 0.05) is 12.1 Å². The van der Waals surface area contributed by atoms with Gasteiger partial charge in [0.25, 0.3) is 5.69 Å². The predicted molar refractivity (Wildman–Crippen MR) is 79.3 cm³/mol. The largest absolute Gasteiger partial charge is 0.481 e. The van der Waals surface area contributed by atoms with Gasteiger partial charge >= 0.3 is 5.97 Å². The average Bonchev–Trinajstić information content (AvgIpc) is 2.46. The molecule has 2 rings (SSSR count). The summed E-state index contributed by atoms with van der Waals surface area (Å²) in [6.45, 7) is 3.50. The molecule has 0 bridgehead atoms. The molecule has 5 heteroatoms. The Hall–Kier alpha value is -2.69. The van der Waals surface area contributed by atoms with Crippen molar-refractivity contribution in [2.75, 3.05) is 0 Å². The van der Waals surface area contributed by atoms with Crippen LogP contribution in [0, 0.1) is 17.0 Å². The van der Waals surface area contributed by atoms with Gasteiger partial charge in [-0.05, 0) is 36.1 Å². The van der Waals surface area contributed by atoms with Gasteiger partial charge in [0.05, 0.1) is 10.8 Å². The summed E-state index contributed by atoms with van der Waals surface area (Å²) >= 11 is 0. The van der Waals surface area contributed by atoms with E-state index in [1.807, 2.05) is 19.1 Å². The van der Waals surface area contributed by atoms with Crippen LogP contribution in [0.25, 0.3) is 11.1 Å². The van der Waals surface area contributed by atoms with E-state index in [-0.39, 0.29) is 5.69 Å². The van der Waals surface area contributed by atoms with Crippen LogP contribution in [-0.2, 0) is 4.79 Å². The number of rotatable bonds is 4. The van der Waals surface area contributed by atoms with E-state index in [4.69, 9.17) is 5.11 Å². The number of nitrogens with zero attached hydrogens (tertiary/aromatic N) is 1. The molecule has 0 aliphatic carbocycles. The smallest absolute Gasteiger partial charge is 0.310 e. The van der Waals surface area contributed by atoms with Crippen LogP contribution in [0.3, 0.4) is 0 Å². The van der Waals surface area contributed by atoms with E-state index in [0.717, 1.165) is 16.7 Å². The molecule has 2 aromatic carbocycles. The van der Waals surface area contributed by atoms with Gasteiger partial charge in [-0.3, -0.25) is 14.9 Å². The minimum absolute atomic E-state index is 0.0369. The molecule has 0 radical (unpaired) electrons. The van der Waals surface area contributed by atoms with Crippen molar-refractivity contribution in [1.82, 2.24) is 0 Å². The Morgan fingerprint density at radius 2 is 1.95 bits per heavy atom. The first-order chi connectivity index (χ1) is 9.90. The summed E-state index contributed by atoms with van der Waals surface area (Å²) in [5.74, 6) is -1.46. The molecule has 108 valence electrons. The highest BCUT2D eigenvalue weighted by Gasteiger charge is 2.15. The number of carbonyl (C=O) groups is 1. The van der Waals surface area contributed by atoms with E-state index < -0.39 is 16.8 Å². The Labute approximate surface area is 122 Å². The van der Waals surface area contributed by atoms with Crippen LogP contribution in [0.15, 0.2) is 42.5 Å².